The number of carbonyl (C=O) groups excluding carboxylic acids is 1. The molecule has 3 aliphatic rings. The highest BCUT2D eigenvalue weighted by Gasteiger charge is 2.43. The maximum Gasteiger partial charge on any atom is 0.309 e. The van der Waals surface area contributed by atoms with Gasteiger partial charge < -0.3 is 4.74 Å². The van der Waals surface area contributed by atoms with Gasteiger partial charge in [-0.3, -0.25) is 4.79 Å². The molecule has 10 heavy (non-hydrogen) atoms. The fourth-order valence-corrected chi connectivity index (χ4v) is 1.89. The number of esters is 1. The van der Waals surface area contributed by atoms with Crippen molar-refractivity contribution in [2.75, 3.05) is 0 Å². The molecule has 1 saturated carbocycles. The lowest BCUT2D eigenvalue weighted by atomic mass is 9.77. The molecule has 0 aromatic heterocycles. The van der Waals surface area contributed by atoms with Crippen LogP contribution in [0.4, 0.5) is 0 Å². The zero-order valence-electron chi connectivity index (χ0n) is 6.22. The summed E-state index contributed by atoms with van der Waals surface area (Å²) in [4.78, 5) is 11.0. The van der Waals surface area contributed by atoms with Gasteiger partial charge in [0.15, 0.2) is 0 Å². The molecular formula is C8H12O2. The maximum absolute atomic E-state index is 11.0. The zero-order chi connectivity index (χ0) is 7.19. The summed E-state index contributed by atoms with van der Waals surface area (Å²) in [6, 6.07) is 0. The van der Waals surface area contributed by atoms with Crippen molar-refractivity contribution in [1.82, 2.24) is 0 Å². The van der Waals surface area contributed by atoms with E-state index in [1.54, 1.807) is 0 Å². The lowest BCUT2D eigenvalue weighted by Crippen LogP contribution is -2.45. The van der Waals surface area contributed by atoms with Gasteiger partial charge in [0.1, 0.15) is 5.60 Å². The van der Waals surface area contributed by atoms with Gasteiger partial charge in [-0.15, -0.1) is 0 Å². The van der Waals surface area contributed by atoms with Crippen molar-refractivity contribution in [2.45, 2.75) is 38.2 Å². The molecule has 0 N–H and O–H groups in total. The molecule has 2 aliphatic heterocycles. The molecule has 0 aromatic carbocycles. The summed E-state index contributed by atoms with van der Waals surface area (Å²) >= 11 is 0. The number of hydrogen-bond donors (Lipinski definition) is 0. The van der Waals surface area contributed by atoms with Gasteiger partial charge in [0.25, 0.3) is 0 Å². The second-order valence-corrected chi connectivity index (χ2v) is 3.65. The number of rotatable bonds is 0. The lowest BCUT2D eigenvalue weighted by Gasteiger charge is -2.42. The normalized spacial score (nSPS) is 45.3. The van der Waals surface area contributed by atoms with Gasteiger partial charge in [-0.05, 0) is 32.6 Å². The Balaban J connectivity index is 2.22. The lowest BCUT2D eigenvalue weighted by molar-refractivity contribution is -0.184. The highest BCUT2D eigenvalue weighted by Crippen LogP contribution is 2.41. The Kier molecular flexibility index (Phi) is 1.08. The van der Waals surface area contributed by atoms with Crippen molar-refractivity contribution >= 4 is 5.97 Å². The van der Waals surface area contributed by atoms with E-state index in [2.05, 4.69) is 0 Å². The predicted octanol–water partition coefficient (Wildman–Crippen LogP) is 1.49. The fraction of sp³-hybridized carbons (Fsp3) is 0.875. The Bertz CT molecular complexity index is 166. The van der Waals surface area contributed by atoms with Crippen LogP contribution in [0.15, 0.2) is 0 Å². The summed E-state index contributed by atoms with van der Waals surface area (Å²) in [5, 5.41) is 0. The van der Waals surface area contributed by atoms with Crippen molar-refractivity contribution in [3.8, 4) is 0 Å². The van der Waals surface area contributed by atoms with E-state index in [-0.39, 0.29) is 17.5 Å². The van der Waals surface area contributed by atoms with Crippen LogP contribution < -0.4 is 0 Å². The molecule has 0 spiro atoms. The summed E-state index contributed by atoms with van der Waals surface area (Å²) < 4.78 is 5.23. The number of hydrogen-bond acceptors (Lipinski definition) is 2. The van der Waals surface area contributed by atoms with E-state index in [0.29, 0.717) is 0 Å². The third-order valence-electron chi connectivity index (χ3n) is 2.72. The molecule has 2 nitrogen and oxygen atoms in total. The van der Waals surface area contributed by atoms with Crippen LogP contribution in [0.2, 0.25) is 0 Å². The Hall–Kier alpha value is -0.530. The predicted molar refractivity (Wildman–Crippen MR) is 36.5 cm³/mol. The highest BCUT2D eigenvalue weighted by atomic mass is 16.6. The SMILES string of the molecule is CC12CCC(CC1)C(=O)O2. The minimum absolute atomic E-state index is 0.0417. The summed E-state index contributed by atoms with van der Waals surface area (Å²) in [7, 11) is 0. The Morgan fingerprint density at radius 1 is 1.50 bits per heavy atom. The van der Waals surface area contributed by atoms with Crippen LogP contribution >= 0.6 is 0 Å². The number of carbonyl (C=O) groups is 1. The van der Waals surface area contributed by atoms with Crippen LogP contribution in [0.3, 0.4) is 0 Å². The smallest absolute Gasteiger partial charge is 0.309 e. The molecule has 0 atom stereocenters. The summed E-state index contributed by atoms with van der Waals surface area (Å²) in [5.74, 6) is 0.279. The fourth-order valence-electron chi connectivity index (χ4n) is 1.89. The molecule has 1 aliphatic carbocycles. The van der Waals surface area contributed by atoms with Gasteiger partial charge in [-0.2, -0.15) is 0 Å². The topological polar surface area (TPSA) is 26.3 Å². The molecule has 0 unspecified atom stereocenters. The maximum atomic E-state index is 11.0. The van der Waals surface area contributed by atoms with Gasteiger partial charge in [0, 0.05) is 0 Å². The van der Waals surface area contributed by atoms with Crippen molar-refractivity contribution < 1.29 is 9.53 Å². The molecule has 3 rings (SSSR count). The molecule has 2 saturated heterocycles. The van der Waals surface area contributed by atoms with E-state index >= 15 is 0 Å². The minimum atomic E-state index is -0.0914. The van der Waals surface area contributed by atoms with E-state index in [9.17, 15) is 4.79 Å². The minimum Gasteiger partial charge on any atom is -0.459 e. The van der Waals surface area contributed by atoms with Gasteiger partial charge in [0.05, 0.1) is 5.92 Å². The molecule has 2 heteroatoms. The second kappa shape index (κ2) is 1.74. The first kappa shape index (κ1) is 6.20. The van der Waals surface area contributed by atoms with E-state index in [1.807, 2.05) is 6.92 Å². The largest absolute Gasteiger partial charge is 0.459 e. The molecule has 0 amide bonds. The first-order valence-electron chi connectivity index (χ1n) is 3.92. The summed E-state index contributed by atoms with van der Waals surface area (Å²) in [6.45, 7) is 2.04. The Labute approximate surface area is 60.6 Å². The monoisotopic (exact) mass is 140 g/mol. The molecular weight excluding hydrogens is 128 g/mol. The van der Waals surface area contributed by atoms with Gasteiger partial charge >= 0.3 is 5.97 Å². The van der Waals surface area contributed by atoms with Crippen LogP contribution in [-0.2, 0) is 9.53 Å². The van der Waals surface area contributed by atoms with Gasteiger partial charge in [-0.25, -0.2) is 0 Å². The average Bonchev–Trinajstić information content (AvgIpc) is 1.87. The Morgan fingerprint density at radius 2 is 2.10 bits per heavy atom. The van der Waals surface area contributed by atoms with Crippen molar-refractivity contribution in [1.29, 1.82) is 0 Å². The third kappa shape index (κ3) is 0.746. The molecule has 0 aromatic rings. The molecule has 2 bridgehead atoms. The first-order chi connectivity index (χ1) is 4.70. The van der Waals surface area contributed by atoms with E-state index in [0.717, 1.165) is 25.7 Å². The first-order valence-corrected chi connectivity index (χ1v) is 3.92. The molecule has 3 fully saturated rings. The number of ether oxygens (including phenoxy) is 1. The van der Waals surface area contributed by atoms with Crippen molar-refractivity contribution in [3.63, 3.8) is 0 Å². The average molecular weight is 140 g/mol. The van der Waals surface area contributed by atoms with Crippen LogP contribution in [-0.4, -0.2) is 11.6 Å². The molecule has 56 valence electrons. The van der Waals surface area contributed by atoms with Crippen molar-refractivity contribution in [2.24, 2.45) is 5.92 Å². The van der Waals surface area contributed by atoms with Crippen LogP contribution in [0, 0.1) is 5.92 Å². The van der Waals surface area contributed by atoms with Crippen LogP contribution in [0.5, 0.6) is 0 Å². The van der Waals surface area contributed by atoms with Crippen molar-refractivity contribution in [3.05, 3.63) is 0 Å². The van der Waals surface area contributed by atoms with E-state index < -0.39 is 0 Å². The summed E-state index contributed by atoms with van der Waals surface area (Å²) in [6.07, 6.45) is 4.25. The molecule has 0 radical (unpaired) electrons. The third-order valence-corrected chi connectivity index (χ3v) is 2.72. The zero-order valence-corrected chi connectivity index (χ0v) is 6.22. The Morgan fingerprint density at radius 3 is 2.40 bits per heavy atom. The number of fused-ring (bicyclic) bond motifs is 3. The van der Waals surface area contributed by atoms with Crippen LogP contribution in [0.1, 0.15) is 32.6 Å². The van der Waals surface area contributed by atoms with E-state index in [4.69, 9.17) is 4.74 Å². The second-order valence-electron chi connectivity index (χ2n) is 3.65. The quantitative estimate of drug-likeness (QED) is 0.476. The van der Waals surface area contributed by atoms with Crippen LogP contribution in [0.25, 0.3) is 0 Å². The van der Waals surface area contributed by atoms with E-state index in [1.165, 1.54) is 0 Å². The van der Waals surface area contributed by atoms with Gasteiger partial charge in [-0.1, -0.05) is 0 Å². The summed E-state index contributed by atoms with van der Waals surface area (Å²) in [5.41, 5.74) is -0.0914. The standard InChI is InChI=1S/C8H12O2/c1-8-4-2-6(3-5-8)7(9)10-8/h6H,2-5H2,1H3. The highest BCUT2D eigenvalue weighted by molar-refractivity contribution is 5.74. The molecule has 2 heterocycles. The van der Waals surface area contributed by atoms with Gasteiger partial charge in [0.2, 0.25) is 0 Å².